The second kappa shape index (κ2) is 5.05. The van der Waals surface area contributed by atoms with Crippen molar-refractivity contribution >= 4 is 18.8 Å². The van der Waals surface area contributed by atoms with Crippen LogP contribution in [0.2, 0.25) is 25.7 Å². The van der Waals surface area contributed by atoms with Crippen molar-refractivity contribution in [3.05, 3.63) is 48.0 Å². The van der Waals surface area contributed by atoms with Gasteiger partial charge in [-0.1, -0.05) is 74.6 Å². The molecule has 90 valence electrons. The summed E-state index contributed by atoms with van der Waals surface area (Å²) in [5.41, 5.74) is 1.49. The average Bonchev–Trinajstić information content (AvgIpc) is 2.27. The molecule has 0 aliphatic rings. The first-order valence-corrected chi connectivity index (χ1v) is 10.2. The van der Waals surface area contributed by atoms with E-state index in [1.54, 1.807) is 0 Å². The van der Waals surface area contributed by atoms with Gasteiger partial charge in [0.15, 0.2) is 0 Å². The fraction of sp³-hybridized carbons (Fsp3) is 0.375. The largest absolute Gasteiger partial charge is 0.0695 e. The molecule has 0 amide bonds. The molecule has 0 aliphatic carbocycles. The lowest BCUT2D eigenvalue weighted by molar-refractivity contribution is 0.903. The summed E-state index contributed by atoms with van der Waals surface area (Å²) in [7, 11) is -0.865. The second-order valence-electron chi connectivity index (χ2n) is 6.10. The molecule has 0 saturated heterocycles. The molecular weight excluding hydrogens is 220 g/mol. The van der Waals surface area contributed by atoms with E-state index in [4.69, 9.17) is 0 Å². The third-order valence-electron chi connectivity index (χ3n) is 3.21. The molecular formula is C16H22Si. The lowest BCUT2D eigenvalue weighted by Gasteiger charge is -2.15. The highest BCUT2D eigenvalue weighted by atomic mass is 28.3. The molecule has 0 radical (unpaired) electrons. The van der Waals surface area contributed by atoms with Crippen LogP contribution in [-0.4, -0.2) is 8.07 Å². The summed E-state index contributed by atoms with van der Waals surface area (Å²) < 4.78 is 0. The number of benzene rings is 2. The van der Waals surface area contributed by atoms with Gasteiger partial charge in [0.05, 0.1) is 0 Å². The second-order valence-corrected chi connectivity index (χ2v) is 11.7. The van der Waals surface area contributed by atoms with Gasteiger partial charge in [0.1, 0.15) is 0 Å². The topological polar surface area (TPSA) is 0 Å². The third kappa shape index (κ3) is 3.71. The molecule has 0 heterocycles. The third-order valence-corrected chi connectivity index (χ3v) is 5.06. The zero-order valence-electron chi connectivity index (χ0n) is 11.2. The van der Waals surface area contributed by atoms with E-state index >= 15 is 0 Å². The summed E-state index contributed by atoms with van der Waals surface area (Å²) in [6.07, 6.45) is 2.57. The summed E-state index contributed by atoms with van der Waals surface area (Å²) >= 11 is 0. The van der Waals surface area contributed by atoms with Gasteiger partial charge in [0.25, 0.3) is 0 Å². The van der Waals surface area contributed by atoms with Crippen LogP contribution in [0.25, 0.3) is 10.8 Å². The first-order chi connectivity index (χ1) is 8.04. The Morgan fingerprint density at radius 1 is 0.882 bits per heavy atom. The van der Waals surface area contributed by atoms with E-state index in [9.17, 15) is 0 Å². The predicted molar refractivity (Wildman–Crippen MR) is 80.4 cm³/mol. The summed E-state index contributed by atoms with van der Waals surface area (Å²) in [6.45, 7) is 7.36. The fourth-order valence-electron chi connectivity index (χ4n) is 2.22. The zero-order chi connectivity index (χ0) is 12.3. The molecule has 0 atom stereocenters. The molecule has 0 nitrogen and oxygen atoms in total. The van der Waals surface area contributed by atoms with Gasteiger partial charge < -0.3 is 0 Å². The Labute approximate surface area is 106 Å². The molecule has 0 aliphatic heterocycles. The van der Waals surface area contributed by atoms with Crippen LogP contribution < -0.4 is 0 Å². The lowest BCUT2D eigenvalue weighted by Crippen LogP contribution is -2.18. The van der Waals surface area contributed by atoms with E-state index in [1.165, 1.54) is 35.2 Å². The van der Waals surface area contributed by atoms with Gasteiger partial charge >= 0.3 is 0 Å². The van der Waals surface area contributed by atoms with Gasteiger partial charge in [0.2, 0.25) is 0 Å². The first kappa shape index (κ1) is 12.4. The monoisotopic (exact) mass is 242 g/mol. The molecule has 0 N–H and O–H groups in total. The number of fused-ring (bicyclic) bond motifs is 1. The van der Waals surface area contributed by atoms with E-state index in [-0.39, 0.29) is 0 Å². The Hall–Kier alpha value is -1.08. The number of rotatable bonds is 4. The molecule has 2 aromatic carbocycles. The highest BCUT2D eigenvalue weighted by Gasteiger charge is 2.11. The Balaban J connectivity index is 2.04. The van der Waals surface area contributed by atoms with Crippen molar-refractivity contribution in [3.8, 4) is 0 Å². The van der Waals surface area contributed by atoms with Crippen LogP contribution in [0.15, 0.2) is 42.5 Å². The summed E-state index contributed by atoms with van der Waals surface area (Å²) in [6, 6.07) is 16.9. The average molecular weight is 242 g/mol. The normalized spacial score (nSPS) is 11.9. The van der Waals surface area contributed by atoms with Gasteiger partial charge in [-0.15, -0.1) is 0 Å². The van der Waals surface area contributed by atoms with E-state index in [0.29, 0.717) is 0 Å². The van der Waals surface area contributed by atoms with Crippen molar-refractivity contribution in [2.45, 2.75) is 38.5 Å². The maximum Gasteiger partial charge on any atom is 0.0442 e. The fourth-order valence-corrected chi connectivity index (χ4v) is 3.45. The summed E-state index contributed by atoms with van der Waals surface area (Å²) in [4.78, 5) is 0. The van der Waals surface area contributed by atoms with Crippen LogP contribution in [0.4, 0.5) is 0 Å². The number of aryl methyl sites for hydroxylation is 1. The number of hydrogen-bond donors (Lipinski definition) is 0. The Morgan fingerprint density at radius 3 is 2.29 bits per heavy atom. The van der Waals surface area contributed by atoms with Gasteiger partial charge in [0, 0.05) is 8.07 Å². The van der Waals surface area contributed by atoms with Crippen molar-refractivity contribution in [2.75, 3.05) is 0 Å². The maximum atomic E-state index is 2.45. The van der Waals surface area contributed by atoms with E-state index in [0.717, 1.165) is 0 Å². The SMILES string of the molecule is C[Si](C)(C)CCCc1ccc2ccccc2c1. The molecule has 0 saturated carbocycles. The van der Waals surface area contributed by atoms with E-state index < -0.39 is 8.07 Å². The van der Waals surface area contributed by atoms with Crippen molar-refractivity contribution < 1.29 is 0 Å². The minimum absolute atomic E-state index is 0.865. The maximum absolute atomic E-state index is 2.45. The molecule has 0 bridgehead atoms. The quantitative estimate of drug-likeness (QED) is 0.653. The highest BCUT2D eigenvalue weighted by Crippen LogP contribution is 2.19. The molecule has 0 fully saturated rings. The Kier molecular flexibility index (Phi) is 3.68. The van der Waals surface area contributed by atoms with Crippen LogP contribution in [-0.2, 0) is 6.42 Å². The van der Waals surface area contributed by atoms with Gasteiger partial charge in [-0.05, 0) is 22.8 Å². The molecule has 1 heteroatoms. The zero-order valence-corrected chi connectivity index (χ0v) is 12.2. The summed E-state index contributed by atoms with van der Waals surface area (Å²) in [5, 5.41) is 2.72. The smallest absolute Gasteiger partial charge is 0.0442 e. The molecule has 0 unspecified atom stereocenters. The van der Waals surface area contributed by atoms with E-state index in [2.05, 4.69) is 62.1 Å². The van der Waals surface area contributed by atoms with Crippen molar-refractivity contribution in [1.29, 1.82) is 0 Å². The predicted octanol–water partition coefficient (Wildman–Crippen LogP) is 5.11. The Morgan fingerprint density at radius 2 is 1.59 bits per heavy atom. The van der Waals surface area contributed by atoms with Crippen LogP contribution >= 0.6 is 0 Å². The minimum atomic E-state index is -0.865. The van der Waals surface area contributed by atoms with E-state index in [1.807, 2.05) is 0 Å². The van der Waals surface area contributed by atoms with Crippen LogP contribution in [0.5, 0.6) is 0 Å². The summed E-state index contributed by atoms with van der Waals surface area (Å²) in [5.74, 6) is 0. The molecule has 2 rings (SSSR count). The van der Waals surface area contributed by atoms with Crippen molar-refractivity contribution in [3.63, 3.8) is 0 Å². The van der Waals surface area contributed by atoms with Crippen LogP contribution in [0, 0.1) is 0 Å². The highest BCUT2D eigenvalue weighted by molar-refractivity contribution is 6.76. The van der Waals surface area contributed by atoms with Gasteiger partial charge in [-0.2, -0.15) is 0 Å². The molecule has 2 aromatic rings. The van der Waals surface area contributed by atoms with Gasteiger partial charge in [-0.25, -0.2) is 0 Å². The van der Waals surface area contributed by atoms with Crippen molar-refractivity contribution in [2.24, 2.45) is 0 Å². The first-order valence-electron chi connectivity index (χ1n) is 6.52. The lowest BCUT2D eigenvalue weighted by atomic mass is 10.0. The van der Waals surface area contributed by atoms with Crippen LogP contribution in [0.3, 0.4) is 0 Å². The van der Waals surface area contributed by atoms with Crippen molar-refractivity contribution in [1.82, 2.24) is 0 Å². The molecule has 17 heavy (non-hydrogen) atoms. The molecule has 0 spiro atoms. The van der Waals surface area contributed by atoms with Gasteiger partial charge in [-0.3, -0.25) is 0 Å². The standard InChI is InChI=1S/C16H22Si/c1-17(2,3)12-6-7-14-10-11-15-8-4-5-9-16(15)13-14/h4-5,8-11,13H,6-7,12H2,1-3H3. The number of hydrogen-bond acceptors (Lipinski definition) is 0. The Bertz CT molecular complexity index is 494. The van der Waals surface area contributed by atoms with Crippen LogP contribution in [0.1, 0.15) is 12.0 Å². The molecule has 0 aromatic heterocycles. The minimum Gasteiger partial charge on any atom is -0.0695 e.